The molecule has 1 saturated carbocycles. The Kier molecular flexibility index (Phi) is 6.49. The number of carbonyl (C=O) groups excluding carboxylic acids is 2. The number of hydrogen-bond acceptors (Lipinski definition) is 6. The zero-order chi connectivity index (χ0) is 25.2. The Morgan fingerprint density at radius 2 is 1.78 bits per heavy atom. The first-order valence-corrected chi connectivity index (χ1v) is 13.4. The number of fused-ring (bicyclic) bond motifs is 1. The Labute approximate surface area is 218 Å². The van der Waals surface area contributed by atoms with Crippen LogP contribution in [0.4, 0.5) is 4.79 Å². The molecule has 7 nitrogen and oxygen atoms in total. The first kappa shape index (κ1) is 23.5. The van der Waals surface area contributed by atoms with Crippen LogP contribution in [0, 0.1) is 0 Å². The number of amides is 2. The standard InChI is InChI=1S/C29H26N4O3S/c34-28-25(37-29(35)32-28)15-22-16-31-33-26(21-9-5-2-6-10-21)24(17-30-27(22)33)20-11-13-23(14-12-20)36-18-19-7-3-1-4-8-19/h1,3-4,7-8,11-17,21H,2,5-6,9-10,18H2,(H,32,34,35)/b25-15-. The van der Waals surface area contributed by atoms with E-state index in [4.69, 9.17) is 14.8 Å². The summed E-state index contributed by atoms with van der Waals surface area (Å²) >= 11 is 0.901. The fourth-order valence-corrected chi connectivity index (χ4v) is 5.77. The van der Waals surface area contributed by atoms with E-state index in [1.54, 1.807) is 12.3 Å². The monoisotopic (exact) mass is 510 g/mol. The molecule has 0 radical (unpaired) electrons. The molecule has 3 heterocycles. The van der Waals surface area contributed by atoms with Gasteiger partial charge in [0.2, 0.25) is 0 Å². The molecular formula is C29H26N4O3S. The van der Waals surface area contributed by atoms with E-state index in [1.807, 2.05) is 41.0 Å². The van der Waals surface area contributed by atoms with Gasteiger partial charge in [0.1, 0.15) is 12.4 Å². The van der Waals surface area contributed by atoms with Crippen LogP contribution in [0.25, 0.3) is 22.9 Å². The van der Waals surface area contributed by atoms with Gasteiger partial charge in [-0.15, -0.1) is 0 Å². The van der Waals surface area contributed by atoms with Crippen LogP contribution < -0.4 is 10.1 Å². The average molecular weight is 511 g/mol. The van der Waals surface area contributed by atoms with Gasteiger partial charge in [0.05, 0.1) is 16.8 Å². The molecule has 0 spiro atoms. The molecule has 186 valence electrons. The summed E-state index contributed by atoms with van der Waals surface area (Å²) in [5.41, 5.74) is 5.80. The molecule has 1 aliphatic carbocycles. The van der Waals surface area contributed by atoms with Crippen LogP contribution in [0.3, 0.4) is 0 Å². The number of nitrogens with one attached hydrogen (secondary N) is 1. The van der Waals surface area contributed by atoms with Gasteiger partial charge in [0.25, 0.3) is 11.1 Å². The number of benzene rings is 2. The van der Waals surface area contributed by atoms with E-state index in [1.165, 1.54) is 19.3 Å². The van der Waals surface area contributed by atoms with E-state index in [9.17, 15) is 9.59 Å². The van der Waals surface area contributed by atoms with Crippen molar-refractivity contribution in [3.05, 3.63) is 88.7 Å². The van der Waals surface area contributed by atoms with Crippen LogP contribution in [-0.4, -0.2) is 25.7 Å². The second kappa shape index (κ2) is 10.2. The Morgan fingerprint density at radius 3 is 2.51 bits per heavy atom. The Bertz CT molecular complexity index is 1490. The quantitative estimate of drug-likeness (QED) is 0.304. The SMILES string of the molecule is O=C1NC(=O)/C(=C/c2cnn3c(C4CCCCC4)c(-c4ccc(OCc5ccccc5)cc4)cnc23)S1. The molecule has 2 amide bonds. The molecule has 2 aromatic carbocycles. The smallest absolute Gasteiger partial charge is 0.290 e. The van der Waals surface area contributed by atoms with Gasteiger partial charge in [-0.2, -0.15) is 5.10 Å². The lowest BCUT2D eigenvalue weighted by Gasteiger charge is -2.25. The molecule has 6 rings (SSSR count). The van der Waals surface area contributed by atoms with Gasteiger partial charge < -0.3 is 4.74 Å². The molecule has 4 aromatic rings. The van der Waals surface area contributed by atoms with Crippen molar-refractivity contribution < 1.29 is 14.3 Å². The number of carbonyl (C=O) groups is 2. The minimum atomic E-state index is -0.381. The molecule has 1 aliphatic heterocycles. The maximum atomic E-state index is 12.1. The summed E-state index contributed by atoms with van der Waals surface area (Å²) in [5.74, 6) is 0.804. The van der Waals surface area contributed by atoms with Gasteiger partial charge in [-0.05, 0) is 53.9 Å². The molecule has 0 atom stereocenters. The molecule has 2 aliphatic rings. The summed E-state index contributed by atoms with van der Waals surface area (Å²) in [4.78, 5) is 28.8. The summed E-state index contributed by atoms with van der Waals surface area (Å²) in [5, 5.41) is 6.65. The Balaban J connectivity index is 1.35. The zero-order valence-corrected chi connectivity index (χ0v) is 21.0. The maximum Gasteiger partial charge on any atom is 0.290 e. The van der Waals surface area contributed by atoms with Crippen LogP contribution in [0.5, 0.6) is 5.75 Å². The number of rotatable bonds is 6. The summed E-state index contributed by atoms with van der Waals surface area (Å²) < 4.78 is 7.91. The van der Waals surface area contributed by atoms with Crippen molar-refractivity contribution >= 4 is 34.6 Å². The lowest BCUT2D eigenvalue weighted by Crippen LogP contribution is -2.17. The second-order valence-corrected chi connectivity index (χ2v) is 10.4. The highest BCUT2D eigenvalue weighted by Gasteiger charge is 2.27. The normalized spacial score (nSPS) is 17.5. The summed E-state index contributed by atoms with van der Waals surface area (Å²) in [7, 11) is 0. The van der Waals surface area contributed by atoms with E-state index in [0.29, 0.717) is 23.1 Å². The van der Waals surface area contributed by atoms with Crippen molar-refractivity contribution in [2.75, 3.05) is 0 Å². The lowest BCUT2D eigenvalue weighted by atomic mass is 9.84. The number of imide groups is 1. The highest BCUT2D eigenvalue weighted by atomic mass is 32.2. The number of hydrogen-bond donors (Lipinski definition) is 1. The van der Waals surface area contributed by atoms with Crippen molar-refractivity contribution in [3.63, 3.8) is 0 Å². The van der Waals surface area contributed by atoms with Gasteiger partial charge in [-0.3, -0.25) is 14.9 Å². The molecule has 2 aromatic heterocycles. The van der Waals surface area contributed by atoms with E-state index < -0.39 is 0 Å². The van der Waals surface area contributed by atoms with E-state index in [-0.39, 0.29) is 11.1 Å². The highest BCUT2D eigenvalue weighted by molar-refractivity contribution is 8.18. The minimum Gasteiger partial charge on any atom is -0.489 e. The van der Waals surface area contributed by atoms with Crippen LogP contribution in [0.15, 0.2) is 71.9 Å². The average Bonchev–Trinajstić information content (AvgIpc) is 3.49. The molecular weight excluding hydrogens is 484 g/mol. The maximum absolute atomic E-state index is 12.1. The van der Waals surface area contributed by atoms with E-state index in [2.05, 4.69) is 29.6 Å². The molecule has 0 bridgehead atoms. The first-order valence-electron chi connectivity index (χ1n) is 12.5. The van der Waals surface area contributed by atoms with Crippen LogP contribution in [0.1, 0.15) is 54.8 Å². The van der Waals surface area contributed by atoms with Crippen molar-refractivity contribution in [1.82, 2.24) is 19.9 Å². The fraction of sp³-hybridized carbons (Fsp3) is 0.241. The first-order chi connectivity index (χ1) is 18.2. The molecule has 8 heteroatoms. The predicted octanol–water partition coefficient (Wildman–Crippen LogP) is 6.35. The van der Waals surface area contributed by atoms with E-state index >= 15 is 0 Å². The van der Waals surface area contributed by atoms with Gasteiger partial charge in [0, 0.05) is 23.2 Å². The summed E-state index contributed by atoms with van der Waals surface area (Å²) in [6, 6.07) is 18.3. The number of nitrogens with zero attached hydrogens (tertiary/aromatic N) is 3. The van der Waals surface area contributed by atoms with Crippen LogP contribution in [0.2, 0.25) is 0 Å². The van der Waals surface area contributed by atoms with Gasteiger partial charge in [-0.1, -0.05) is 61.7 Å². The van der Waals surface area contributed by atoms with Crippen LogP contribution in [-0.2, 0) is 11.4 Å². The summed E-state index contributed by atoms with van der Waals surface area (Å²) in [6.07, 6.45) is 11.2. The topological polar surface area (TPSA) is 85.6 Å². The third-order valence-electron chi connectivity index (χ3n) is 6.93. The highest BCUT2D eigenvalue weighted by Crippen LogP contribution is 2.39. The molecule has 37 heavy (non-hydrogen) atoms. The molecule has 0 unspecified atom stereocenters. The second-order valence-electron chi connectivity index (χ2n) is 9.38. The Hall–Kier alpha value is -3.91. The van der Waals surface area contributed by atoms with E-state index in [0.717, 1.165) is 58.3 Å². The molecule has 1 N–H and O–H groups in total. The predicted molar refractivity (Wildman–Crippen MR) is 144 cm³/mol. The van der Waals surface area contributed by atoms with Crippen molar-refractivity contribution in [1.29, 1.82) is 0 Å². The zero-order valence-electron chi connectivity index (χ0n) is 20.2. The summed E-state index contributed by atoms with van der Waals surface area (Å²) in [6.45, 7) is 0.522. The minimum absolute atomic E-state index is 0.357. The number of ether oxygens (including phenoxy) is 1. The van der Waals surface area contributed by atoms with Crippen molar-refractivity contribution in [2.24, 2.45) is 0 Å². The fourth-order valence-electron chi connectivity index (χ4n) is 5.09. The van der Waals surface area contributed by atoms with Crippen molar-refractivity contribution in [2.45, 2.75) is 44.6 Å². The number of aromatic nitrogens is 3. The molecule has 1 saturated heterocycles. The van der Waals surface area contributed by atoms with Crippen LogP contribution >= 0.6 is 11.8 Å². The van der Waals surface area contributed by atoms with Gasteiger partial charge in [-0.25, -0.2) is 9.50 Å². The van der Waals surface area contributed by atoms with Gasteiger partial charge >= 0.3 is 0 Å². The number of thioether (sulfide) groups is 1. The third kappa shape index (κ3) is 4.89. The third-order valence-corrected chi connectivity index (χ3v) is 7.74. The lowest BCUT2D eigenvalue weighted by molar-refractivity contribution is -0.115. The largest absolute Gasteiger partial charge is 0.489 e. The molecule has 2 fully saturated rings. The Morgan fingerprint density at radius 1 is 1.00 bits per heavy atom. The van der Waals surface area contributed by atoms with Crippen molar-refractivity contribution in [3.8, 4) is 16.9 Å². The van der Waals surface area contributed by atoms with Gasteiger partial charge in [0.15, 0.2) is 5.65 Å².